The average molecular weight is 228 g/mol. The lowest BCUT2D eigenvalue weighted by Crippen LogP contribution is -2.18. The molecule has 1 aliphatic heterocycles. The van der Waals surface area contributed by atoms with Crippen molar-refractivity contribution >= 4 is 23.7 Å². The van der Waals surface area contributed by atoms with E-state index >= 15 is 0 Å². The first-order valence-corrected chi connectivity index (χ1v) is 7.40. The number of hydrogen-bond acceptors (Lipinski definition) is 2. The van der Waals surface area contributed by atoms with E-state index in [2.05, 4.69) is 0 Å². The molecule has 1 aliphatic rings. The Morgan fingerprint density at radius 2 is 2.00 bits per heavy atom. The van der Waals surface area contributed by atoms with Crippen molar-refractivity contribution in [3.63, 3.8) is 0 Å². The van der Waals surface area contributed by atoms with Crippen molar-refractivity contribution in [2.45, 2.75) is 4.90 Å². The van der Waals surface area contributed by atoms with Crippen molar-refractivity contribution in [3.05, 3.63) is 24.3 Å². The summed E-state index contributed by atoms with van der Waals surface area (Å²) in [4.78, 5) is 1.10. The molecule has 0 aliphatic carbocycles. The molecule has 2 rings (SSSR count). The van der Waals surface area contributed by atoms with E-state index in [4.69, 9.17) is 0 Å². The maximum atomic E-state index is 12.5. The fourth-order valence-electron chi connectivity index (χ4n) is 1.48. The van der Waals surface area contributed by atoms with E-state index in [0.717, 1.165) is 10.6 Å². The van der Waals surface area contributed by atoms with Crippen molar-refractivity contribution < 1.29 is 4.57 Å². The molecular weight excluding hydrogens is 215 g/mol. The molecule has 0 saturated carbocycles. The Morgan fingerprint density at radius 3 is 2.57 bits per heavy atom. The fraction of sp³-hybridized carbons (Fsp3) is 0.333. The predicted molar refractivity (Wildman–Crippen MR) is 62.0 cm³/mol. The molecule has 0 bridgehead atoms. The summed E-state index contributed by atoms with van der Waals surface area (Å²) in [5, 5.41) is 0. The largest absolute Gasteiger partial charge is 0.305 e. The van der Waals surface area contributed by atoms with Crippen LogP contribution < -0.4 is 4.67 Å². The first-order valence-electron chi connectivity index (χ1n) is 4.36. The molecule has 1 unspecified atom stereocenters. The number of benzene rings is 1. The highest BCUT2D eigenvalue weighted by molar-refractivity contribution is 8.58. The molecule has 1 atom stereocenters. The third-order valence-electron chi connectivity index (χ3n) is 2.32. The van der Waals surface area contributed by atoms with Crippen molar-refractivity contribution in [1.29, 1.82) is 0 Å². The van der Waals surface area contributed by atoms with Crippen molar-refractivity contribution in [1.82, 2.24) is 4.67 Å². The number of para-hydroxylation sites is 1. The molecule has 0 radical (unpaired) electrons. The van der Waals surface area contributed by atoms with Gasteiger partial charge in [0.15, 0.2) is 0 Å². The molecule has 0 spiro atoms. The topological polar surface area (TPSA) is 23.6 Å². The lowest BCUT2D eigenvalue weighted by Gasteiger charge is -2.26. The fourth-order valence-corrected chi connectivity index (χ4v) is 5.86. The van der Waals surface area contributed by atoms with Crippen molar-refractivity contribution in [2.24, 2.45) is 0 Å². The third kappa shape index (κ3) is 1.29. The van der Waals surface area contributed by atoms with Crippen LogP contribution in [0.1, 0.15) is 0 Å². The van der Waals surface area contributed by atoms with Gasteiger partial charge in [-0.25, -0.2) is 4.67 Å². The quantitative estimate of drug-likeness (QED) is 0.689. The number of anilines is 1. The molecule has 14 heavy (non-hydrogen) atoms. The third-order valence-corrected chi connectivity index (χ3v) is 8.10. The zero-order chi connectivity index (χ0) is 10.3. The summed E-state index contributed by atoms with van der Waals surface area (Å²) in [6.45, 7) is -2.43. The molecule has 0 N–H and O–H groups in total. The van der Waals surface area contributed by atoms with Crippen LogP contribution in [0.4, 0.5) is 5.69 Å². The summed E-state index contributed by atoms with van der Waals surface area (Å²) in [5.74, 6) is 0. The molecule has 0 aromatic heterocycles. The van der Waals surface area contributed by atoms with Gasteiger partial charge in [-0.2, -0.15) is 0 Å². The van der Waals surface area contributed by atoms with Gasteiger partial charge in [0, 0.05) is 11.9 Å². The lowest BCUT2D eigenvalue weighted by atomic mass is 10.3. The summed E-state index contributed by atoms with van der Waals surface area (Å²) in [7, 11) is 5.60. The normalized spacial score (nSPS) is 25.6. The second-order valence-corrected chi connectivity index (χ2v) is 8.40. The van der Waals surface area contributed by atoms with Gasteiger partial charge in [-0.3, -0.25) is 4.57 Å². The Labute approximate surface area is 88.3 Å². The minimum Gasteiger partial charge on any atom is -0.305 e. The van der Waals surface area contributed by atoms with Gasteiger partial charge in [-0.1, -0.05) is 12.1 Å². The van der Waals surface area contributed by atoms with E-state index in [0.29, 0.717) is 0 Å². The van der Waals surface area contributed by atoms with E-state index in [-0.39, 0.29) is 0 Å². The summed E-state index contributed by atoms with van der Waals surface area (Å²) < 4.78 is 16.2. The molecule has 5 heteroatoms. The molecular formula is C9H13N2OPS. The molecule has 0 fully saturated rings. The van der Waals surface area contributed by atoms with Crippen LogP contribution in [-0.2, 0) is 4.57 Å². The summed E-state index contributed by atoms with van der Waals surface area (Å²) in [6.07, 6.45) is 0. The predicted octanol–water partition coefficient (Wildman–Crippen LogP) is 2.90. The monoisotopic (exact) mass is 228 g/mol. The molecule has 0 saturated heterocycles. The molecule has 76 valence electrons. The number of rotatable bonds is 1. The van der Waals surface area contributed by atoms with Crippen molar-refractivity contribution in [2.75, 3.05) is 25.8 Å². The second kappa shape index (κ2) is 3.30. The number of hydrogen-bond donors (Lipinski definition) is 0. The second-order valence-electron chi connectivity index (χ2n) is 3.42. The maximum absolute atomic E-state index is 12.5. The highest BCUT2D eigenvalue weighted by Crippen LogP contribution is 2.72. The molecule has 1 aromatic carbocycles. The minimum absolute atomic E-state index is 1.06. The van der Waals surface area contributed by atoms with E-state index in [1.54, 1.807) is 4.67 Å². The van der Waals surface area contributed by atoms with Gasteiger partial charge in [0.05, 0.1) is 5.69 Å². The van der Waals surface area contributed by atoms with Crippen LogP contribution in [0, 0.1) is 0 Å². The number of nitrogens with zero attached hydrogens (tertiary/aromatic N) is 2. The van der Waals surface area contributed by atoms with Gasteiger partial charge >= 0.3 is 0 Å². The average Bonchev–Trinajstić information content (AvgIpc) is 2.42. The maximum Gasteiger partial charge on any atom is 0.299 e. The Hall–Kier alpha value is -0.440. The molecule has 0 amide bonds. The van der Waals surface area contributed by atoms with Gasteiger partial charge in [0.25, 0.3) is 6.65 Å². The summed E-state index contributed by atoms with van der Waals surface area (Å²) in [5.41, 5.74) is 1.06. The zero-order valence-corrected chi connectivity index (χ0v) is 10.2. The minimum atomic E-state index is -2.43. The summed E-state index contributed by atoms with van der Waals surface area (Å²) >= 11 is 1.46. The molecule has 1 heterocycles. The van der Waals surface area contributed by atoms with Crippen molar-refractivity contribution in [3.8, 4) is 0 Å². The van der Waals surface area contributed by atoms with E-state index < -0.39 is 6.65 Å². The lowest BCUT2D eigenvalue weighted by molar-refractivity contribution is 0.529. The summed E-state index contributed by atoms with van der Waals surface area (Å²) in [6, 6.07) is 7.97. The number of fused-ring (bicyclic) bond motifs is 1. The van der Waals surface area contributed by atoms with Crippen LogP contribution in [0.25, 0.3) is 0 Å². The van der Waals surface area contributed by atoms with E-state index in [1.807, 2.05) is 50.1 Å². The first-order chi connectivity index (χ1) is 6.55. The van der Waals surface area contributed by atoms with Crippen LogP contribution >= 0.6 is 18.0 Å². The highest BCUT2D eigenvalue weighted by Gasteiger charge is 2.39. The first kappa shape index (κ1) is 10.1. The Bertz CT molecular complexity index is 408. The Kier molecular flexibility index (Phi) is 2.38. The van der Waals surface area contributed by atoms with Gasteiger partial charge in [0.1, 0.15) is 0 Å². The van der Waals surface area contributed by atoms with Gasteiger partial charge in [0.2, 0.25) is 0 Å². The smallest absolute Gasteiger partial charge is 0.299 e. The van der Waals surface area contributed by atoms with E-state index in [9.17, 15) is 4.57 Å². The van der Waals surface area contributed by atoms with Crippen LogP contribution in [-0.4, -0.2) is 25.8 Å². The zero-order valence-electron chi connectivity index (χ0n) is 8.47. The molecule has 1 aromatic rings. The van der Waals surface area contributed by atoms with Gasteiger partial charge < -0.3 is 4.67 Å². The van der Waals surface area contributed by atoms with Gasteiger partial charge in [-0.15, -0.1) is 0 Å². The Balaban J connectivity index is 2.49. The Morgan fingerprint density at radius 1 is 1.36 bits per heavy atom. The molecule has 3 nitrogen and oxygen atoms in total. The van der Waals surface area contributed by atoms with Crippen LogP contribution in [0.15, 0.2) is 29.2 Å². The van der Waals surface area contributed by atoms with Crippen LogP contribution in [0.5, 0.6) is 0 Å². The van der Waals surface area contributed by atoms with E-state index in [1.165, 1.54) is 11.4 Å². The highest BCUT2D eigenvalue weighted by atomic mass is 32.7. The van der Waals surface area contributed by atoms with Crippen LogP contribution in [0.2, 0.25) is 0 Å². The van der Waals surface area contributed by atoms with Gasteiger partial charge in [-0.05, 0) is 37.6 Å². The van der Waals surface area contributed by atoms with Crippen LogP contribution in [0.3, 0.4) is 0 Å². The SMILES string of the molecule is CN(C)P1(=O)Sc2ccccc2N1C. The standard InChI is InChI=1S/C9H13N2OPS/c1-10(2)13(12)11(3)8-6-4-5-7-9(8)14-13/h4-7H,1-3H3.